The van der Waals surface area contributed by atoms with Crippen molar-refractivity contribution in [3.8, 4) is 22.9 Å². The van der Waals surface area contributed by atoms with Crippen molar-refractivity contribution in [2.24, 2.45) is 0 Å². The summed E-state index contributed by atoms with van der Waals surface area (Å²) in [5.74, 6) is 0.331. The third-order valence-electron chi connectivity index (χ3n) is 4.73. The highest BCUT2D eigenvalue weighted by atomic mass is 32.2. The lowest BCUT2D eigenvalue weighted by Crippen LogP contribution is -2.26. The van der Waals surface area contributed by atoms with Gasteiger partial charge in [0.05, 0.1) is 25.3 Å². The summed E-state index contributed by atoms with van der Waals surface area (Å²) in [6.07, 6.45) is 1.56. The molecule has 0 bridgehead atoms. The molecule has 0 spiro atoms. The molecule has 0 atom stereocenters. The van der Waals surface area contributed by atoms with Crippen molar-refractivity contribution in [3.05, 3.63) is 53.9 Å². The molecule has 0 aliphatic heterocycles. The number of nitrogens with one attached hydrogen (secondary N) is 1. The van der Waals surface area contributed by atoms with Gasteiger partial charge in [-0.05, 0) is 43.2 Å². The van der Waals surface area contributed by atoms with Gasteiger partial charge in [-0.3, -0.25) is 0 Å². The maximum absolute atomic E-state index is 12.6. The van der Waals surface area contributed by atoms with Crippen molar-refractivity contribution in [1.29, 1.82) is 0 Å². The molecule has 168 valence electrons. The Hall–Kier alpha value is -3.44. The van der Waals surface area contributed by atoms with Gasteiger partial charge in [0.2, 0.25) is 15.8 Å². The summed E-state index contributed by atoms with van der Waals surface area (Å²) in [6, 6.07) is 11.1. The summed E-state index contributed by atoms with van der Waals surface area (Å²) >= 11 is 0. The van der Waals surface area contributed by atoms with E-state index < -0.39 is 16.0 Å². The first-order valence-corrected chi connectivity index (χ1v) is 11.2. The van der Waals surface area contributed by atoms with Gasteiger partial charge < -0.3 is 18.7 Å². The summed E-state index contributed by atoms with van der Waals surface area (Å²) in [4.78, 5) is 16.6. The van der Waals surface area contributed by atoms with E-state index in [1.54, 1.807) is 18.2 Å². The number of hydrogen-bond donors (Lipinski definition) is 1. The Bertz CT molecular complexity index is 1240. The number of hydrogen-bond acceptors (Lipinski definition) is 9. The molecule has 3 aromatic rings. The third-order valence-corrected chi connectivity index (χ3v) is 6.27. The number of carbonyl (C=O) groups excluding carboxylic acids is 1. The molecule has 0 unspecified atom stereocenters. The number of benzene rings is 2. The maximum atomic E-state index is 12.6. The Morgan fingerprint density at radius 2 is 1.88 bits per heavy atom. The van der Waals surface area contributed by atoms with Gasteiger partial charge in [-0.1, -0.05) is 17.3 Å². The van der Waals surface area contributed by atoms with Crippen molar-refractivity contribution >= 4 is 16.0 Å². The Labute approximate surface area is 184 Å². The molecule has 1 fully saturated rings. The Balaban J connectivity index is 1.48. The molecule has 1 aliphatic rings. The van der Waals surface area contributed by atoms with Gasteiger partial charge in [-0.2, -0.15) is 4.98 Å². The predicted octanol–water partition coefficient (Wildman–Crippen LogP) is 2.55. The molecule has 11 heteroatoms. The number of carbonyl (C=O) groups is 1. The van der Waals surface area contributed by atoms with Crippen molar-refractivity contribution in [3.63, 3.8) is 0 Å². The molecule has 32 heavy (non-hydrogen) atoms. The molecule has 0 saturated heterocycles. The smallest absolute Gasteiger partial charge is 0.338 e. The standard InChI is InChI=1S/C21H21N3O7S/c1-28-16-6-4-3-5-15(16)20-22-19(31-23-20)12-30-21(25)13-7-10-17(29-2)18(11-13)32(26,27)24-14-8-9-14/h3-7,10-11,14,24H,8-9,12H2,1-2H3. The zero-order chi connectivity index (χ0) is 22.7. The summed E-state index contributed by atoms with van der Waals surface area (Å²) in [5, 5.41) is 3.89. The Morgan fingerprint density at radius 3 is 2.59 bits per heavy atom. The molecule has 1 N–H and O–H groups in total. The van der Waals surface area contributed by atoms with Crippen LogP contribution in [0.5, 0.6) is 11.5 Å². The molecular weight excluding hydrogens is 438 g/mol. The number of ether oxygens (including phenoxy) is 3. The van der Waals surface area contributed by atoms with Crippen molar-refractivity contribution in [1.82, 2.24) is 14.9 Å². The SMILES string of the molecule is COc1ccccc1-c1noc(COC(=O)c2ccc(OC)c(S(=O)(=O)NC3CC3)c2)n1. The van der Waals surface area contributed by atoms with E-state index in [1.807, 2.05) is 6.07 Å². The second kappa shape index (κ2) is 8.97. The summed E-state index contributed by atoms with van der Waals surface area (Å²) < 4.78 is 48.6. The summed E-state index contributed by atoms with van der Waals surface area (Å²) in [6.45, 7) is -0.282. The minimum atomic E-state index is -3.83. The number of para-hydroxylation sites is 1. The van der Waals surface area contributed by atoms with Crippen LogP contribution in [-0.4, -0.2) is 44.8 Å². The maximum Gasteiger partial charge on any atom is 0.338 e. The molecule has 1 saturated carbocycles. The van der Waals surface area contributed by atoms with Crippen LogP contribution < -0.4 is 14.2 Å². The highest BCUT2D eigenvalue weighted by Gasteiger charge is 2.30. The normalized spacial score (nSPS) is 13.6. The predicted molar refractivity (Wildman–Crippen MR) is 112 cm³/mol. The zero-order valence-corrected chi connectivity index (χ0v) is 18.2. The number of nitrogens with zero attached hydrogens (tertiary/aromatic N) is 2. The fraction of sp³-hybridized carbons (Fsp3) is 0.286. The summed E-state index contributed by atoms with van der Waals surface area (Å²) in [7, 11) is -0.940. The topological polar surface area (TPSA) is 130 Å². The van der Waals surface area contributed by atoms with Gasteiger partial charge in [0.15, 0.2) is 6.61 Å². The molecule has 1 aromatic heterocycles. The molecular formula is C21H21N3O7S. The minimum absolute atomic E-state index is 0.0476. The molecule has 0 amide bonds. The van der Waals surface area contributed by atoms with Crippen LogP contribution in [0.2, 0.25) is 0 Å². The van der Waals surface area contributed by atoms with E-state index >= 15 is 0 Å². The quantitative estimate of drug-likeness (QED) is 0.480. The van der Waals surface area contributed by atoms with Crippen LogP contribution in [0.25, 0.3) is 11.4 Å². The van der Waals surface area contributed by atoms with Gasteiger partial charge in [0.25, 0.3) is 5.89 Å². The van der Waals surface area contributed by atoms with Crippen molar-refractivity contribution in [2.45, 2.75) is 30.4 Å². The first kappa shape index (κ1) is 21.8. The number of sulfonamides is 1. The fourth-order valence-electron chi connectivity index (χ4n) is 2.96. The van der Waals surface area contributed by atoms with E-state index in [1.165, 1.54) is 32.4 Å². The van der Waals surface area contributed by atoms with Crippen LogP contribution in [-0.2, 0) is 21.4 Å². The van der Waals surface area contributed by atoms with Crippen LogP contribution in [0.1, 0.15) is 29.1 Å². The lowest BCUT2D eigenvalue weighted by Gasteiger charge is -2.11. The van der Waals surface area contributed by atoms with Gasteiger partial charge in [0.1, 0.15) is 16.4 Å². The monoisotopic (exact) mass is 459 g/mol. The highest BCUT2D eigenvalue weighted by Crippen LogP contribution is 2.29. The Kier molecular flexibility index (Phi) is 6.10. The van der Waals surface area contributed by atoms with Gasteiger partial charge in [-0.25, -0.2) is 17.9 Å². The number of rotatable bonds is 9. The zero-order valence-electron chi connectivity index (χ0n) is 17.4. The molecule has 10 nitrogen and oxygen atoms in total. The molecule has 2 aromatic carbocycles. The third kappa shape index (κ3) is 4.73. The lowest BCUT2D eigenvalue weighted by atomic mass is 10.2. The molecule has 4 rings (SSSR count). The van der Waals surface area contributed by atoms with E-state index in [0.717, 1.165) is 12.8 Å². The second-order valence-corrected chi connectivity index (χ2v) is 8.73. The minimum Gasteiger partial charge on any atom is -0.496 e. The van der Waals surface area contributed by atoms with E-state index in [9.17, 15) is 13.2 Å². The molecule has 1 aliphatic carbocycles. The lowest BCUT2D eigenvalue weighted by molar-refractivity contribution is 0.0429. The fourth-order valence-corrected chi connectivity index (χ4v) is 4.46. The molecule has 0 radical (unpaired) electrons. The average Bonchev–Trinajstić information content (AvgIpc) is 3.48. The number of esters is 1. The van der Waals surface area contributed by atoms with Gasteiger partial charge in [-0.15, -0.1) is 0 Å². The van der Waals surface area contributed by atoms with E-state index in [0.29, 0.717) is 11.3 Å². The van der Waals surface area contributed by atoms with Crippen LogP contribution in [0.15, 0.2) is 51.9 Å². The van der Waals surface area contributed by atoms with E-state index in [2.05, 4.69) is 14.9 Å². The van der Waals surface area contributed by atoms with Gasteiger partial charge in [0, 0.05) is 6.04 Å². The highest BCUT2D eigenvalue weighted by molar-refractivity contribution is 7.89. The first-order valence-electron chi connectivity index (χ1n) is 9.74. The van der Waals surface area contributed by atoms with Crippen LogP contribution in [0.3, 0.4) is 0 Å². The second-order valence-electron chi connectivity index (χ2n) is 7.05. The molecule has 1 heterocycles. The van der Waals surface area contributed by atoms with Crippen molar-refractivity contribution < 1.29 is 31.9 Å². The summed E-state index contributed by atoms with van der Waals surface area (Å²) in [5.41, 5.74) is 0.677. The number of aromatic nitrogens is 2. The first-order chi connectivity index (χ1) is 15.4. The van der Waals surface area contributed by atoms with Gasteiger partial charge >= 0.3 is 5.97 Å². The number of methoxy groups -OCH3 is 2. The largest absolute Gasteiger partial charge is 0.496 e. The van der Waals surface area contributed by atoms with Crippen molar-refractivity contribution in [2.75, 3.05) is 14.2 Å². The van der Waals surface area contributed by atoms with E-state index in [-0.39, 0.29) is 40.6 Å². The van der Waals surface area contributed by atoms with E-state index in [4.69, 9.17) is 18.7 Å². The van der Waals surface area contributed by atoms with Crippen LogP contribution in [0.4, 0.5) is 0 Å². The average molecular weight is 459 g/mol. The van der Waals surface area contributed by atoms with Crippen LogP contribution in [0, 0.1) is 0 Å². The Morgan fingerprint density at radius 1 is 1.12 bits per heavy atom. The van der Waals surface area contributed by atoms with Crippen LogP contribution >= 0.6 is 0 Å².